The fraction of sp³-hybridized carbons (Fsp3) is 0.273. The van der Waals surface area contributed by atoms with Crippen LogP contribution in [0.15, 0.2) is 66.7 Å². The molecule has 2 aliphatic rings. The summed E-state index contributed by atoms with van der Waals surface area (Å²) in [5, 5.41) is 2.69. The van der Waals surface area contributed by atoms with Gasteiger partial charge in [0.1, 0.15) is 5.75 Å². The second-order valence-electron chi connectivity index (χ2n) is 7.06. The van der Waals surface area contributed by atoms with Gasteiger partial charge in [-0.05, 0) is 22.4 Å². The predicted octanol–water partition coefficient (Wildman–Crippen LogP) is 4.45. The minimum Gasteiger partial charge on any atom is -0.493 e. The van der Waals surface area contributed by atoms with E-state index in [1.807, 2.05) is 0 Å². The van der Waals surface area contributed by atoms with Crippen molar-refractivity contribution in [1.29, 1.82) is 0 Å². The third kappa shape index (κ3) is 2.30. The van der Waals surface area contributed by atoms with E-state index in [1.54, 1.807) is 0 Å². The summed E-state index contributed by atoms with van der Waals surface area (Å²) in [6, 6.07) is 23.9. The van der Waals surface area contributed by atoms with Gasteiger partial charge in [-0.1, -0.05) is 60.7 Å². The molecule has 1 fully saturated rings. The van der Waals surface area contributed by atoms with Crippen molar-refractivity contribution in [2.45, 2.75) is 12.5 Å². The third-order valence-electron chi connectivity index (χ3n) is 5.52. The number of nitrogens with zero attached hydrogens (tertiary/aromatic N) is 1. The van der Waals surface area contributed by atoms with Crippen LogP contribution < -0.4 is 4.74 Å². The Balaban J connectivity index is 1.49. The molecule has 24 heavy (non-hydrogen) atoms. The van der Waals surface area contributed by atoms with Crippen LogP contribution >= 0.6 is 0 Å². The molecule has 120 valence electrons. The summed E-state index contributed by atoms with van der Waals surface area (Å²) in [6.07, 6.45) is 0. The Labute approximate surface area is 142 Å². The first-order valence-corrected chi connectivity index (χ1v) is 8.79. The summed E-state index contributed by atoms with van der Waals surface area (Å²) >= 11 is 0. The van der Waals surface area contributed by atoms with Crippen LogP contribution in [-0.4, -0.2) is 24.6 Å². The number of ether oxygens (including phenoxy) is 1. The molecule has 1 saturated heterocycles. The van der Waals surface area contributed by atoms with Gasteiger partial charge in [0.05, 0.1) is 6.61 Å². The highest BCUT2D eigenvalue weighted by Gasteiger charge is 2.39. The van der Waals surface area contributed by atoms with E-state index in [9.17, 15) is 0 Å². The number of likely N-dealkylation sites (tertiary alicyclic amines) is 1. The smallest absolute Gasteiger partial charge is 0.123 e. The lowest BCUT2D eigenvalue weighted by Gasteiger charge is -2.29. The van der Waals surface area contributed by atoms with Gasteiger partial charge in [-0.25, -0.2) is 0 Å². The average molecular weight is 315 g/mol. The second-order valence-corrected chi connectivity index (χ2v) is 7.06. The summed E-state index contributed by atoms with van der Waals surface area (Å²) in [7, 11) is 0. The van der Waals surface area contributed by atoms with Crippen molar-refractivity contribution in [1.82, 2.24) is 4.90 Å². The summed E-state index contributed by atoms with van der Waals surface area (Å²) < 4.78 is 6.12. The standard InChI is InChI=1S/C22H21NO/c1-2-6-16(7-3-1)12-23-13-18-15-24-21-11-10-17-8-4-5-9-19(17)22(21)20(18)14-23/h1-11,18,20H,12-15H2/t18-,20-/m0/s1. The number of hydrogen-bond donors (Lipinski definition) is 0. The average Bonchev–Trinajstić information content (AvgIpc) is 3.04. The van der Waals surface area contributed by atoms with Crippen molar-refractivity contribution in [3.05, 3.63) is 77.9 Å². The van der Waals surface area contributed by atoms with Crippen LogP contribution in [0.2, 0.25) is 0 Å². The fourth-order valence-electron chi connectivity index (χ4n) is 4.41. The zero-order valence-electron chi connectivity index (χ0n) is 13.7. The van der Waals surface area contributed by atoms with Crippen molar-refractivity contribution < 1.29 is 4.74 Å². The van der Waals surface area contributed by atoms with Crippen molar-refractivity contribution >= 4 is 10.8 Å². The molecule has 0 aromatic heterocycles. The van der Waals surface area contributed by atoms with Crippen LogP contribution in [0.5, 0.6) is 5.75 Å². The highest BCUT2D eigenvalue weighted by atomic mass is 16.5. The van der Waals surface area contributed by atoms with E-state index in [2.05, 4.69) is 71.6 Å². The van der Waals surface area contributed by atoms with Gasteiger partial charge in [0.2, 0.25) is 0 Å². The quantitative estimate of drug-likeness (QED) is 0.693. The zero-order chi connectivity index (χ0) is 15.9. The van der Waals surface area contributed by atoms with Crippen LogP contribution in [0.4, 0.5) is 0 Å². The molecule has 0 unspecified atom stereocenters. The van der Waals surface area contributed by atoms with Crippen LogP contribution in [0.25, 0.3) is 10.8 Å². The highest BCUT2D eigenvalue weighted by Crippen LogP contribution is 2.45. The Hall–Kier alpha value is -2.32. The minimum atomic E-state index is 0.587. The number of fused-ring (bicyclic) bond motifs is 5. The molecule has 3 aromatic carbocycles. The maximum atomic E-state index is 6.12. The Morgan fingerprint density at radius 2 is 1.71 bits per heavy atom. The summed E-state index contributed by atoms with van der Waals surface area (Å²) in [5.41, 5.74) is 2.83. The van der Waals surface area contributed by atoms with E-state index < -0.39 is 0 Å². The first-order chi connectivity index (χ1) is 11.9. The minimum absolute atomic E-state index is 0.587. The molecule has 3 aromatic rings. The molecule has 2 atom stereocenters. The van der Waals surface area contributed by atoms with Gasteiger partial charge in [0, 0.05) is 37.0 Å². The molecule has 2 heteroatoms. The molecule has 0 spiro atoms. The van der Waals surface area contributed by atoms with E-state index in [4.69, 9.17) is 4.74 Å². The summed E-state index contributed by atoms with van der Waals surface area (Å²) in [4.78, 5) is 2.59. The molecule has 5 rings (SSSR count). The van der Waals surface area contributed by atoms with Crippen LogP contribution in [-0.2, 0) is 6.54 Å². The zero-order valence-corrected chi connectivity index (χ0v) is 13.7. The lowest BCUT2D eigenvalue weighted by Crippen LogP contribution is -2.25. The Kier molecular flexibility index (Phi) is 3.30. The number of hydrogen-bond acceptors (Lipinski definition) is 2. The van der Waals surface area contributed by atoms with Gasteiger partial charge in [0.15, 0.2) is 0 Å². The lowest BCUT2D eigenvalue weighted by atomic mass is 9.84. The van der Waals surface area contributed by atoms with Gasteiger partial charge in [-0.3, -0.25) is 4.90 Å². The summed E-state index contributed by atoms with van der Waals surface area (Å²) in [6.45, 7) is 4.14. The Morgan fingerprint density at radius 3 is 2.62 bits per heavy atom. The first kappa shape index (κ1) is 14.1. The molecule has 0 radical (unpaired) electrons. The van der Waals surface area contributed by atoms with Crippen molar-refractivity contribution in [3.8, 4) is 5.75 Å². The SMILES string of the molecule is c1ccc(CN2C[C@H]3COc4ccc5ccccc5c4[C@H]3C2)cc1. The number of benzene rings is 3. The first-order valence-electron chi connectivity index (χ1n) is 8.79. The molecule has 0 amide bonds. The van der Waals surface area contributed by atoms with Crippen LogP contribution in [0.3, 0.4) is 0 Å². The molecule has 2 nitrogen and oxygen atoms in total. The molecule has 0 N–H and O–H groups in total. The van der Waals surface area contributed by atoms with Gasteiger partial charge in [0.25, 0.3) is 0 Å². The van der Waals surface area contributed by atoms with E-state index in [1.165, 1.54) is 21.9 Å². The Bertz CT molecular complexity index is 874. The van der Waals surface area contributed by atoms with Crippen molar-refractivity contribution in [3.63, 3.8) is 0 Å². The Morgan fingerprint density at radius 1 is 0.875 bits per heavy atom. The van der Waals surface area contributed by atoms with E-state index in [0.29, 0.717) is 11.8 Å². The predicted molar refractivity (Wildman–Crippen MR) is 97.4 cm³/mol. The monoisotopic (exact) mass is 315 g/mol. The largest absolute Gasteiger partial charge is 0.493 e. The van der Waals surface area contributed by atoms with E-state index in [0.717, 1.165) is 32.0 Å². The van der Waals surface area contributed by atoms with Gasteiger partial charge in [-0.15, -0.1) is 0 Å². The van der Waals surface area contributed by atoms with Gasteiger partial charge < -0.3 is 4.74 Å². The number of rotatable bonds is 2. The lowest BCUT2D eigenvalue weighted by molar-refractivity contribution is 0.213. The van der Waals surface area contributed by atoms with Crippen LogP contribution in [0, 0.1) is 5.92 Å². The maximum Gasteiger partial charge on any atom is 0.123 e. The van der Waals surface area contributed by atoms with Crippen molar-refractivity contribution in [2.75, 3.05) is 19.7 Å². The van der Waals surface area contributed by atoms with Crippen LogP contribution in [0.1, 0.15) is 17.0 Å². The maximum absolute atomic E-state index is 6.12. The molecule has 2 aliphatic heterocycles. The van der Waals surface area contributed by atoms with E-state index >= 15 is 0 Å². The molecular formula is C22H21NO. The highest BCUT2D eigenvalue weighted by molar-refractivity contribution is 5.88. The fourth-order valence-corrected chi connectivity index (χ4v) is 4.41. The topological polar surface area (TPSA) is 12.5 Å². The molecule has 0 aliphatic carbocycles. The van der Waals surface area contributed by atoms with Gasteiger partial charge >= 0.3 is 0 Å². The molecular weight excluding hydrogens is 294 g/mol. The molecule has 0 saturated carbocycles. The van der Waals surface area contributed by atoms with E-state index in [-0.39, 0.29) is 0 Å². The second kappa shape index (κ2) is 5.64. The third-order valence-corrected chi connectivity index (χ3v) is 5.52. The normalized spacial score (nSPS) is 22.8. The molecule has 2 heterocycles. The van der Waals surface area contributed by atoms with Gasteiger partial charge in [-0.2, -0.15) is 0 Å². The summed E-state index contributed by atoms with van der Waals surface area (Å²) in [5.74, 6) is 2.28. The molecule has 0 bridgehead atoms. The van der Waals surface area contributed by atoms with Crippen molar-refractivity contribution in [2.24, 2.45) is 5.92 Å².